The average molecular weight is 530 g/mol. The maximum Gasteiger partial charge on any atom is 0.274 e. The van der Waals surface area contributed by atoms with Gasteiger partial charge >= 0.3 is 0 Å². The third-order valence-electron chi connectivity index (χ3n) is 6.51. The fourth-order valence-electron chi connectivity index (χ4n) is 4.42. The number of benzene rings is 3. The first-order valence-electron chi connectivity index (χ1n) is 13.0. The molecule has 1 aromatic heterocycles. The Labute approximate surface area is 233 Å². The van der Waals surface area contributed by atoms with Gasteiger partial charge in [0.1, 0.15) is 23.0 Å². The van der Waals surface area contributed by atoms with Gasteiger partial charge in [-0.25, -0.2) is 4.39 Å². The zero-order valence-electron chi connectivity index (χ0n) is 22.1. The van der Waals surface area contributed by atoms with Gasteiger partial charge in [0.25, 0.3) is 5.91 Å². The van der Waals surface area contributed by atoms with Crippen LogP contribution < -0.4 is 10.1 Å². The van der Waals surface area contributed by atoms with Gasteiger partial charge in [-0.05, 0) is 66.5 Å². The zero-order valence-corrected chi connectivity index (χ0v) is 22.1. The molecule has 0 atom stereocenters. The van der Waals surface area contributed by atoms with Crippen LogP contribution in [0.5, 0.6) is 11.5 Å². The largest absolute Gasteiger partial charge is 0.456 e. The smallest absolute Gasteiger partial charge is 0.274 e. The fourth-order valence-corrected chi connectivity index (χ4v) is 4.42. The van der Waals surface area contributed by atoms with Crippen LogP contribution in [-0.4, -0.2) is 23.1 Å². The maximum atomic E-state index is 14.1. The Bertz CT molecular complexity index is 1660. The van der Waals surface area contributed by atoms with Crippen LogP contribution in [0, 0.1) is 5.82 Å². The van der Waals surface area contributed by atoms with E-state index in [0.29, 0.717) is 34.8 Å². The first-order chi connectivity index (χ1) is 19.5. The van der Waals surface area contributed by atoms with Gasteiger partial charge in [-0.3, -0.25) is 14.8 Å². The highest BCUT2D eigenvalue weighted by molar-refractivity contribution is 6.46. The summed E-state index contributed by atoms with van der Waals surface area (Å²) in [6.45, 7) is 6.30. The van der Waals surface area contributed by atoms with Crippen molar-refractivity contribution >= 4 is 17.2 Å². The third kappa shape index (κ3) is 6.13. The van der Waals surface area contributed by atoms with Gasteiger partial charge in [0.15, 0.2) is 0 Å². The zero-order chi connectivity index (χ0) is 27.9. The highest BCUT2D eigenvalue weighted by Gasteiger charge is 2.22. The number of nitrogens with zero attached hydrogens (tertiary/aromatic N) is 2. The molecule has 0 radical (unpaired) electrons. The molecule has 0 saturated carbocycles. The lowest BCUT2D eigenvalue weighted by Crippen LogP contribution is -2.33. The molecule has 4 aromatic rings. The molecule has 198 valence electrons. The number of hydrogen-bond acceptors (Lipinski definition) is 4. The van der Waals surface area contributed by atoms with Crippen molar-refractivity contribution in [3.05, 3.63) is 144 Å². The summed E-state index contributed by atoms with van der Waals surface area (Å²) in [4.78, 5) is 22.3. The van der Waals surface area contributed by atoms with Gasteiger partial charge in [0, 0.05) is 35.1 Å². The molecule has 6 heteroatoms. The number of rotatable bonds is 8. The predicted molar refractivity (Wildman–Crippen MR) is 158 cm³/mol. The number of hydrogen-bond donors (Lipinski definition) is 1. The number of halogens is 1. The molecule has 1 aliphatic heterocycles. The van der Waals surface area contributed by atoms with Crippen LogP contribution in [-0.2, 0) is 11.2 Å². The van der Waals surface area contributed by atoms with Crippen LogP contribution in [0.25, 0.3) is 16.7 Å². The molecular weight excluding hydrogens is 501 g/mol. The summed E-state index contributed by atoms with van der Waals surface area (Å²) in [6, 6.07) is 23.9. The second-order valence-electron chi connectivity index (χ2n) is 9.21. The number of carbonyl (C=O) groups excluding carboxylic acids is 1. The Morgan fingerprint density at radius 2 is 1.75 bits per heavy atom. The number of aliphatic imine (C=N–C) groups is 1. The molecular formula is C34H28FN3O2. The van der Waals surface area contributed by atoms with Crippen molar-refractivity contribution in [1.29, 1.82) is 0 Å². The number of ether oxygens (including phenoxy) is 1. The molecule has 0 fully saturated rings. The van der Waals surface area contributed by atoms with Crippen LogP contribution in [0.3, 0.4) is 0 Å². The molecule has 0 unspecified atom stereocenters. The van der Waals surface area contributed by atoms with Crippen LogP contribution in [0.4, 0.5) is 4.39 Å². The van der Waals surface area contributed by atoms with E-state index >= 15 is 0 Å². The van der Waals surface area contributed by atoms with Crippen LogP contribution in [0.2, 0.25) is 0 Å². The maximum absolute atomic E-state index is 14.1. The molecule has 2 heterocycles. The lowest BCUT2D eigenvalue weighted by Gasteiger charge is -2.18. The van der Waals surface area contributed by atoms with Crippen LogP contribution >= 0.6 is 0 Å². The van der Waals surface area contributed by atoms with Crippen molar-refractivity contribution in [2.24, 2.45) is 4.99 Å². The van der Waals surface area contributed by atoms with E-state index in [-0.39, 0.29) is 11.7 Å². The molecule has 3 aromatic carbocycles. The molecule has 0 bridgehead atoms. The molecule has 40 heavy (non-hydrogen) atoms. The van der Waals surface area contributed by atoms with Crippen molar-refractivity contribution < 1.29 is 13.9 Å². The van der Waals surface area contributed by atoms with Crippen molar-refractivity contribution in [2.45, 2.75) is 13.3 Å². The second-order valence-corrected chi connectivity index (χ2v) is 9.21. The number of para-hydroxylation sites is 1. The quantitative estimate of drug-likeness (QED) is 0.243. The van der Waals surface area contributed by atoms with E-state index in [9.17, 15) is 9.18 Å². The Morgan fingerprint density at radius 1 is 0.950 bits per heavy atom. The molecule has 5 nitrogen and oxygen atoms in total. The lowest BCUT2D eigenvalue weighted by atomic mass is 9.93. The van der Waals surface area contributed by atoms with Gasteiger partial charge < -0.3 is 10.1 Å². The van der Waals surface area contributed by atoms with Crippen molar-refractivity contribution in [1.82, 2.24) is 10.3 Å². The van der Waals surface area contributed by atoms with Gasteiger partial charge in [0.2, 0.25) is 0 Å². The van der Waals surface area contributed by atoms with E-state index in [2.05, 4.69) is 21.9 Å². The Morgan fingerprint density at radius 3 is 2.55 bits per heavy atom. The molecule has 0 spiro atoms. The van der Waals surface area contributed by atoms with Crippen molar-refractivity contribution in [3.63, 3.8) is 0 Å². The molecule has 0 aliphatic carbocycles. The highest BCUT2D eigenvalue weighted by Crippen LogP contribution is 2.29. The molecule has 1 N–H and O–H groups in total. The first kappa shape index (κ1) is 26.5. The Balaban J connectivity index is 1.34. The van der Waals surface area contributed by atoms with Crippen LogP contribution in [0.15, 0.2) is 127 Å². The number of aromatic nitrogens is 1. The van der Waals surface area contributed by atoms with Crippen molar-refractivity contribution in [3.8, 4) is 22.6 Å². The van der Waals surface area contributed by atoms with Gasteiger partial charge in [-0.2, -0.15) is 0 Å². The van der Waals surface area contributed by atoms with Crippen LogP contribution in [0.1, 0.15) is 23.6 Å². The van der Waals surface area contributed by atoms with Gasteiger partial charge in [0.05, 0.1) is 6.20 Å². The molecule has 0 saturated heterocycles. The first-order valence-corrected chi connectivity index (χ1v) is 13.0. The number of allylic oxidation sites excluding steroid dienone is 4. The Hall–Kier alpha value is -5.10. The number of carbonyl (C=O) groups is 1. The number of pyridine rings is 1. The fraction of sp³-hybridized carbons (Fsp3) is 0.0882. The summed E-state index contributed by atoms with van der Waals surface area (Å²) in [5.74, 6) is 0.685. The Kier molecular flexibility index (Phi) is 8.07. The van der Waals surface area contributed by atoms with E-state index in [1.807, 2.05) is 61.5 Å². The molecule has 1 aliphatic rings. The summed E-state index contributed by atoms with van der Waals surface area (Å²) < 4.78 is 20.1. The van der Waals surface area contributed by atoms with E-state index in [1.165, 1.54) is 6.07 Å². The normalized spacial score (nSPS) is 12.9. The number of amides is 1. The standard InChI is InChI=1S/C34H28FN3O2/c1-3-27(16-13-23(2)30-11-7-8-12-32(30)35)38-34(39)33-31-20-25(15-14-24(31)17-18-37-33)26-19-29(22-36-21-26)40-28-9-5-4-6-10-28/h3-16,19-22H,2,17-18H2,1H3,(H,38,39)/b16-13-,27-3+. The van der Waals surface area contributed by atoms with E-state index in [1.54, 1.807) is 48.8 Å². The second kappa shape index (κ2) is 12.2. The molecule has 5 rings (SSSR count). The monoisotopic (exact) mass is 529 g/mol. The minimum atomic E-state index is -0.348. The van der Waals surface area contributed by atoms with Gasteiger partial charge in [-0.1, -0.05) is 67.3 Å². The number of nitrogens with one attached hydrogen (secondary N) is 1. The van der Waals surface area contributed by atoms with Gasteiger partial charge in [-0.15, -0.1) is 0 Å². The van der Waals surface area contributed by atoms with Crippen molar-refractivity contribution in [2.75, 3.05) is 6.54 Å². The summed E-state index contributed by atoms with van der Waals surface area (Å²) in [7, 11) is 0. The minimum absolute atomic E-state index is 0.313. The highest BCUT2D eigenvalue weighted by atomic mass is 19.1. The van der Waals surface area contributed by atoms with E-state index in [4.69, 9.17) is 4.74 Å². The summed E-state index contributed by atoms with van der Waals surface area (Å²) in [5.41, 5.74) is 5.45. The lowest BCUT2D eigenvalue weighted by molar-refractivity contribution is -0.114. The number of fused-ring (bicyclic) bond motifs is 1. The summed E-state index contributed by atoms with van der Waals surface area (Å²) in [5, 5.41) is 2.93. The van der Waals surface area contributed by atoms with E-state index < -0.39 is 0 Å². The average Bonchev–Trinajstić information content (AvgIpc) is 2.99. The predicted octanol–water partition coefficient (Wildman–Crippen LogP) is 7.31. The minimum Gasteiger partial charge on any atom is -0.456 e. The SMILES string of the molecule is C=C(/C=C\C(=C/C)NC(=O)C1=NCCc2ccc(-c3cncc(Oc4ccccc4)c3)cc21)c1ccccc1F. The summed E-state index contributed by atoms with van der Waals surface area (Å²) >= 11 is 0. The summed E-state index contributed by atoms with van der Waals surface area (Å²) in [6.07, 6.45) is 9.35. The van der Waals surface area contributed by atoms with E-state index in [0.717, 1.165) is 34.4 Å². The molecule has 1 amide bonds. The third-order valence-corrected chi connectivity index (χ3v) is 6.51. The topological polar surface area (TPSA) is 63.6 Å².